The van der Waals surface area contributed by atoms with E-state index in [4.69, 9.17) is 18.7 Å². The lowest BCUT2D eigenvalue weighted by Gasteiger charge is -2.16. The Balaban J connectivity index is 0.00000338. The minimum absolute atomic E-state index is 0. The van der Waals surface area contributed by atoms with Crippen LogP contribution in [0.1, 0.15) is 33.5 Å². The van der Waals surface area contributed by atoms with E-state index in [9.17, 15) is 0 Å². The Morgan fingerprint density at radius 1 is 1.04 bits per heavy atom. The van der Waals surface area contributed by atoms with Crippen LogP contribution in [0, 0.1) is 0 Å². The van der Waals surface area contributed by atoms with Crippen LogP contribution in [0.3, 0.4) is 0 Å². The number of benzene rings is 1. The van der Waals surface area contributed by atoms with Gasteiger partial charge in [-0.15, -0.1) is 12.4 Å². The fourth-order valence-corrected chi connectivity index (χ4v) is 2.34. The number of nitrogens with one attached hydrogen (secondary N) is 1. The van der Waals surface area contributed by atoms with E-state index in [1.54, 1.807) is 0 Å². The molecule has 0 saturated heterocycles. The lowest BCUT2D eigenvalue weighted by Crippen LogP contribution is -2.24. The molecular formula is C18H28ClN3O4. The number of hydrogen-bond donors (Lipinski definition) is 1. The number of halogens is 1. The Bertz CT molecular complexity index is 651. The van der Waals surface area contributed by atoms with Crippen LogP contribution in [0.2, 0.25) is 0 Å². The van der Waals surface area contributed by atoms with Gasteiger partial charge >= 0.3 is 0 Å². The van der Waals surface area contributed by atoms with E-state index in [0.29, 0.717) is 55.2 Å². The van der Waals surface area contributed by atoms with Gasteiger partial charge in [-0.2, -0.15) is 4.98 Å². The molecule has 0 bridgehead atoms. The van der Waals surface area contributed by atoms with Crippen molar-refractivity contribution in [1.82, 2.24) is 15.5 Å². The Labute approximate surface area is 160 Å². The molecule has 1 atom stereocenters. The summed E-state index contributed by atoms with van der Waals surface area (Å²) in [6.45, 7) is 9.39. The first-order chi connectivity index (χ1) is 12.1. The molecule has 2 rings (SSSR count). The van der Waals surface area contributed by atoms with Gasteiger partial charge in [0.1, 0.15) is 0 Å². The monoisotopic (exact) mass is 385 g/mol. The summed E-state index contributed by atoms with van der Waals surface area (Å²) in [5, 5.41) is 7.21. The van der Waals surface area contributed by atoms with Gasteiger partial charge in [0.2, 0.25) is 5.75 Å². The van der Waals surface area contributed by atoms with Crippen molar-refractivity contribution in [1.29, 1.82) is 0 Å². The first-order valence-electron chi connectivity index (χ1n) is 8.69. The SMILES string of the molecule is CCOc1cc(-c2nc(CC(C)NC)no2)cc(OCC)c1OCC.Cl. The van der Waals surface area contributed by atoms with Crippen LogP contribution in [-0.2, 0) is 6.42 Å². The van der Waals surface area contributed by atoms with E-state index in [-0.39, 0.29) is 18.4 Å². The third-order valence-corrected chi connectivity index (χ3v) is 3.61. The van der Waals surface area contributed by atoms with E-state index in [0.717, 1.165) is 5.56 Å². The molecule has 8 heteroatoms. The zero-order valence-electron chi connectivity index (χ0n) is 16.0. The molecule has 0 saturated carbocycles. The van der Waals surface area contributed by atoms with Crippen LogP contribution >= 0.6 is 12.4 Å². The first kappa shape index (κ1) is 22.1. The van der Waals surface area contributed by atoms with Crippen molar-refractivity contribution in [2.45, 2.75) is 40.2 Å². The van der Waals surface area contributed by atoms with Crippen LogP contribution < -0.4 is 19.5 Å². The largest absolute Gasteiger partial charge is 0.490 e. The molecule has 146 valence electrons. The predicted octanol–water partition coefficient (Wildman–Crippen LogP) is 3.50. The van der Waals surface area contributed by atoms with E-state index in [1.807, 2.05) is 40.0 Å². The van der Waals surface area contributed by atoms with Crippen molar-refractivity contribution in [3.05, 3.63) is 18.0 Å². The Kier molecular flexibility index (Phi) is 9.23. The number of nitrogens with zero attached hydrogens (tertiary/aromatic N) is 2. The van der Waals surface area contributed by atoms with Crippen molar-refractivity contribution in [2.24, 2.45) is 0 Å². The number of hydrogen-bond acceptors (Lipinski definition) is 7. The fraction of sp³-hybridized carbons (Fsp3) is 0.556. The molecular weight excluding hydrogens is 358 g/mol. The molecule has 1 aromatic heterocycles. The second-order valence-electron chi connectivity index (χ2n) is 5.51. The predicted molar refractivity (Wildman–Crippen MR) is 103 cm³/mol. The number of rotatable bonds is 10. The van der Waals surface area contributed by atoms with Crippen LogP contribution in [-0.4, -0.2) is 43.1 Å². The van der Waals surface area contributed by atoms with Gasteiger partial charge in [-0.25, -0.2) is 0 Å². The summed E-state index contributed by atoms with van der Waals surface area (Å²) < 4.78 is 22.6. The maximum Gasteiger partial charge on any atom is 0.258 e. The highest BCUT2D eigenvalue weighted by atomic mass is 35.5. The molecule has 0 spiro atoms. The summed E-state index contributed by atoms with van der Waals surface area (Å²) in [5.74, 6) is 2.89. The third-order valence-electron chi connectivity index (χ3n) is 3.61. The summed E-state index contributed by atoms with van der Waals surface area (Å²) in [6.07, 6.45) is 0.688. The molecule has 1 unspecified atom stereocenters. The maximum absolute atomic E-state index is 5.72. The highest BCUT2D eigenvalue weighted by molar-refractivity contribution is 5.85. The third kappa shape index (κ3) is 5.51. The van der Waals surface area contributed by atoms with Crippen molar-refractivity contribution >= 4 is 12.4 Å². The summed E-state index contributed by atoms with van der Waals surface area (Å²) in [4.78, 5) is 4.48. The van der Waals surface area contributed by atoms with Crippen molar-refractivity contribution in [2.75, 3.05) is 26.9 Å². The Morgan fingerprint density at radius 3 is 2.12 bits per heavy atom. The van der Waals surface area contributed by atoms with Crippen LogP contribution in [0.25, 0.3) is 11.5 Å². The van der Waals surface area contributed by atoms with Crippen LogP contribution in [0.15, 0.2) is 16.7 Å². The summed E-state index contributed by atoms with van der Waals surface area (Å²) in [6, 6.07) is 3.95. The second-order valence-corrected chi connectivity index (χ2v) is 5.51. The van der Waals surface area contributed by atoms with E-state index < -0.39 is 0 Å². The Morgan fingerprint density at radius 2 is 1.62 bits per heavy atom. The van der Waals surface area contributed by atoms with Gasteiger partial charge in [-0.3, -0.25) is 0 Å². The van der Waals surface area contributed by atoms with Gasteiger partial charge in [-0.1, -0.05) is 5.16 Å². The maximum atomic E-state index is 5.72. The molecule has 7 nitrogen and oxygen atoms in total. The molecule has 0 aliphatic carbocycles. The van der Waals surface area contributed by atoms with E-state index >= 15 is 0 Å². The molecule has 1 N–H and O–H groups in total. The lowest BCUT2D eigenvalue weighted by atomic mass is 10.1. The van der Waals surface area contributed by atoms with Gasteiger partial charge in [0.15, 0.2) is 17.3 Å². The van der Waals surface area contributed by atoms with Crippen molar-refractivity contribution < 1.29 is 18.7 Å². The van der Waals surface area contributed by atoms with Gasteiger partial charge in [0.25, 0.3) is 5.89 Å². The average Bonchev–Trinajstić information content (AvgIpc) is 3.06. The quantitative estimate of drug-likeness (QED) is 0.670. The summed E-state index contributed by atoms with van der Waals surface area (Å²) in [7, 11) is 1.90. The Hall–Kier alpha value is -1.99. The van der Waals surface area contributed by atoms with Crippen molar-refractivity contribution in [3.63, 3.8) is 0 Å². The zero-order valence-corrected chi connectivity index (χ0v) is 16.8. The van der Waals surface area contributed by atoms with Gasteiger partial charge in [0.05, 0.1) is 19.8 Å². The molecule has 1 heterocycles. The van der Waals surface area contributed by atoms with Gasteiger partial charge in [-0.05, 0) is 46.9 Å². The zero-order chi connectivity index (χ0) is 18.2. The number of likely N-dealkylation sites (N-methyl/N-ethyl adjacent to an activating group) is 1. The van der Waals surface area contributed by atoms with E-state index in [1.165, 1.54) is 0 Å². The number of ether oxygens (including phenoxy) is 3. The topological polar surface area (TPSA) is 78.6 Å². The fourth-order valence-electron chi connectivity index (χ4n) is 2.34. The minimum Gasteiger partial charge on any atom is -0.490 e. The van der Waals surface area contributed by atoms with Crippen LogP contribution in [0.4, 0.5) is 0 Å². The smallest absolute Gasteiger partial charge is 0.258 e. The molecule has 0 aliphatic heterocycles. The molecule has 0 aliphatic rings. The van der Waals surface area contributed by atoms with Crippen molar-refractivity contribution in [3.8, 4) is 28.7 Å². The number of aromatic nitrogens is 2. The molecule has 0 fully saturated rings. The average molecular weight is 386 g/mol. The molecule has 1 aromatic carbocycles. The summed E-state index contributed by atoms with van der Waals surface area (Å²) >= 11 is 0. The standard InChI is InChI=1S/C18H27N3O4.ClH/c1-6-22-14-10-13(11-15(23-7-2)17(14)24-8-3)18-20-16(21-25-18)9-12(4)19-5;/h10-12,19H,6-9H2,1-5H3;1H. The normalized spacial score (nSPS) is 11.6. The highest BCUT2D eigenvalue weighted by Gasteiger charge is 2.19. The molecule has 0 amide bonds. The first-order valence-corrected chi connectivity index (χ1v) is 8.69. The highest BCUT2D eigenvalue weighted by Crippen LogP contribution is 2.41. The van der Waals surface area contributed by atoms with E-state index in [2.05, 4.69) is 22.4 Å². The van der Waals surface area contributed by atoms with Gasteiger partial charge < -0.3 is 24.1 Å². The molecule has 2 aromatic rings. The summed E-state index contributed by atoms with van der Waals surface area (Å²) in [5.41, 5.74) is 0.742. The lowest BCUT2D eigenvalue weighted by molar-refractivity contribution is 0.261. The van der Waals surface area contributed by atoms with Crippen LogP contribution in [0.5, 0.6) is 17.2 Å². The minimum atomic E-state index is 0. The molecule has 26 heavy (non-hydrogen) atoms. The van der Waals surface area contributed by atoms with Gasteiger partial charge in [0, 0.05) is 18.0 Å². The molecule has 0 radical (unpaired) electrons. The second kappa shape index (κ2) is 10.9.